The van der Waals surface area contributed by atoms with Crippen LogP contribution < -0.4 is 5.73 Å². The molecule has 0 radical (unpaired) electrons. The van der Waals surface area contributed by atoms with E-state index in [1.165, 1.54) is 12.1 Å². The molecule has 100 valence electrons. The lowest BCUT2D eigenvalue weighted by molar-refractivity contribution is -0.142. The molecule has 0 aliphatic heterocycles. The summed E-state index contributed by atoms with van der Waals surface area (Å²) in [6.07, 6.45) is -3.89. The lowest BCUT2D eigenvalue weighted by Crippen LogP contribution is -2.20. The molecule has 0 aliphatic rings. The summed E-state index contributed by atoms with van der Waals surface area (Å²) in [4.78, 5) is 10.9. The summed E-state index contributed by atoms with van der Waals surface area (Å²) in [5, 5.41) is 8.91. The Bertz CT molecular complexity index is 401. The maximum Gasteiger partial charge on any atom is 0.416 e. The second-order valence-corrected chi connectivity index (χ2v) is 4.01. The van der Waals surface area contributed by atoms with E-state index in [4.69, 9.17) is 10.8 Å². The highest BCUT2D eigenvalue weighted by atomic mass is 19.4. The molecule has 1 aromatic carbocycles. The topological polar surface area (TPSA) is 63.3 Å². The average Bonchev–Trinajstić information content (AvgIpc) is 2.28. The van der Waals surface area contributed by atoms with Gasteiger partial charge < -0.3 is 10.8 Å². The van der Waals surface area contributed by atoms with Gasteiger partial charge in [-0.15, -0.1) is 0 Å². The van der Waals surface area contributed by atoms with Crippen LogP contribution in [0.3, 0.4) is 0 Å². The van der Waals surface area contributed by atoms with Gasteiger partial charge in [-0.25, -0.2) is 0 Å². The lowest BCUT2D eigenvalue weighted by Gasteiger charge is -2.12. The number of carboxylic acids is 1. The molecule has 0 amide bonds. The number of benzene rings is 1. The number of carbonyl (C=O) groups is 1. The molecular weight excluding hydrogens is 247 g/mol. The molecule has 0 aliphatic carbocycles. The number of nitrogens with two attached hydrogens (primary N) is 1. The Balaban J connectivity index is 2.76. The molecule has 0 bridgehead atoms. The fourth-order valence-electron chi connectivity index (χ4n) is 1.63. The Kier molecular flexibility index (Phi) is 4.72. The Morgan fingerprint density at radius 2 is 1.83 bits per heavy atom. The Morgan fingerprint density at radius 3 is 2.22 bits per heavy atom. The third-order valence-electron chi connectivity index (χ3n) is 2.63. The first-order valence-corrected chi connectivity index (χ1v) is 5.43. The van der Waals surface area contributed by atoms with Crippen LogP contribution in [0.25, 0.3) is 0 Å². The summed E-state index contributed by atoms with van der Waals surface area (Å²) >= 11 is 0. The van der Waals surface area contributed by atoms with Gasteiger partial charge in [-0.05, 0) is 37.1 Å². The van der Waals surface area contributed by atoms with Crippen molar-refractivity contribution in [3.8, 4) is 0 Å². The Hall–Kier alpha value is -1.56. The van der Waals surface area contributed by atoms with Gasteiger partial charge in [0.25, 0.3) is 0 Å². The van der Waals surface area contributed by atoms with Crippen LogP contribution in [0.4, 0.5) is 13.2 Å². The van der Waals surface area contributed by atoms with Gasteiger partial charge in [-0.3, -0.25) is 4.79 Å². The average molecular weight is 261 g/mol. The number of alkyl halides is 3. The smallest absolute Gasteiger partial charge is 0.416 e. The lowest BCUT2D eigenvalue weighted by atomic mass is 9.96. The second-order valence-electron chi connectivity index (χ2n) is 4.01. The van der Waals surface area contributed by atoms with Gasteiger partial charge in [0.1, 0.15) is 0 Å². The molecule has 18 heavy (non-hydrogen) atoms. The summed E-state index contributed by atoms with van der Waals surface area (Å²) < 4.78 is 37.0. The molecule has 0 heterocycles. The second kappa shape index (κ2) is 5.86. The predicted octanol–water partition coefficient (Wildman–Crippen LogP) is 2.30. The zero-order chi connectivity index (χ0) is 13.8. The summed E-state index contributed by atoms with van der Waals surface area (Å²) in [7, 11) is 0. The maximum atomic E-state index is 12.3. The van der Waals surface area contributed by atoms with E-state index < -0.39 is 23.6 Å². The molecule has 1 aromatic rings. The van der Waals surface area contributed by atoms with Crippen molar-refractivity contribution in [2.45, 2.75) is 19.0 Å². The minimum Gasteiger partial charge on any atom is -0.481 e. The van der Waals surface area contributed by atoms with Gasteiger partial charge >= 0.3 is 12.1 Å². The van der Waals surface area contributed by atoms with Crippen molar-refractivity contribution in [2.24, 2.45) is 11.7 Å². The highest BCUT2D eigenvalue weighted by Crippen LogP contribution is 2.29. The van der Waals surface area contributed by atoms with E-state index in [1.54, 1.807) is 0 Å². The fourth-order valence-corrected chi connectivity index (χ4v) is 1.63. The number of halogens is 3. The van der Waals surface area contributed by atoms with Crippen molar-refractivity contribution in [3.05, 3.63) is 35.4 Å². The fraction of sp³-hybridized carbons (Fsp3) is 0.417. The van der Waals surface area contributed by atoms with E-state index in [1.807, 2.05) is 0 Å². The van der Waals surface area contributed by atoms with Crippen LogP contribution in [0.2, 0.25) is 0 Å². The van der Waals surface area contributed by atoms with Gasteiger partial charge in [0.2, 0.25) is 0 Å². The monoisotopic (exact) mass is 261 g/mol. The van der Waals surface area contributed by atoms with Gasteiger partial charge in [-0.1, -0.05) is 12.1 Å². The van der Waals surface area contributed by atoms with Crippen molar-refractivity contribution in [1.29, 1.82) is 0 Å². The first-order chi connectivity index (χ1) is 8.34. The Labute approximate surface area is 102 Å². The predicted molar refractivity (Wildman–Crippen MR) is 59.9 cm³/mol. The highest BCUT2D eigenvalue weighted by Gasteiger charge is 2.30. The SMILES string of the molecule is NCCC(Cc1ccc(C(F)(F)F)cc1)C(=O)O. The molecule has 3 nitrogen and oxygen atoms in total. The van der Waals surface area contributed by atoms with Gasteiger partial charge in [0.15, 0.2) is 0 Å². The number of rotatable bonds is 5. The molecule has 0 aromatic heterocycles. The zero-order valence-electron chi connectivity index (χ0n) is 9.57. The minimum absolute atomic E-state index is 0.185. The van der Waals surface area contributed by atoms with Crippen LogP contribution >= 0.6 is 0 Å². The summed E-state index contributed by atoms with van der Waals surface area (Å²) in [6, 6.07) is 4.51. The van der Waals surface area contributed by atoms with Gasteiger partial charge in [-0.2, -0.15) is 13.2 Å². The van der Waals surface area contributed by atoms with Gasteiger partial charge in [0, 0.05) is 0 Å². The van der Waals surface area contributed by atoms with Crippen molar-refractivity contribution < 1.29 is 23.1 Å². The quantitative estimate of drug-likeness (QED) is 0.854. The number of hydrogen-bond acceptors (Lipinski definition) is 2. The highest BCUT2D eigenvalue weighted by molar-refractivity contribution is 5.70. The van der Waals surface area contributed by atoms with E-state index >= 15 is 0 Å². The molecule has 0 fully saturated rings. The van der Waals surface area contributed by atoms with Crippen LogP contribution in [0.15, 0.2) is 24.3 Å². The summed E-state index contributed by atoms with van der Waals surface area (Å²) in [6.45, 7) is 0.234. The minimum atomic E-state index is -4.37. The first-order valence-electron chi connectivity index (χ1n) is 5.43. The Morgan fingerprint density at radius 1 is 1.28 bits per heavy atom. The number of hydrogen-bond donors (Lipinski definition) is 2. The molecule has 0 saturated carbocycles. The van der Waals surface area contributed by atoms with E-state index in [2.05, 4.69) is 0 Å². The van der Waals surface area contributed by atoms with Crippen molar-refractivity contribution in [2.75, 3.05) is 6.54 Å². The summed E-state index contributed by atoms with van der Waals surface area (Å²) in [5.41, 5.74) is 5.11. The van der Waals surface area contributed by atoms with E-state index in [0.29, 0.717) is 12.0 Å². The number of aliphatic carboxylic acids is 1. The molecule has 1 atom stereocenters. The van der Waals surface area contributed by atoms with E-state index in [-0.39, 0.29) is 13.0 Å². The first kappa shape index (κ1) is 14.5. The third-order valence-corrected chi connectivity index (χ3v) is 2.63. The van der Waals surface area contributed by atoms with E-state index in [0.717, 1.165) is 12.1 Å². The van der Waals surface area contributed by atoms with Crippen LogP contribution in [0.1, 0.15) is 17.5 Å². The maximum absolute atomic E-state index is 12.3. The molecule has 0 saturated heterocycles. The van der Waals surface area contributed by atoms with E-state index in [9.17, 15) is 18.0 Å². The van der Waals surface area contributed by atoms with Crippen LogP contribution in [-0.4, -0.2) is 17.6 Å². The molecule has 6 heteroatoms. The van der Waals surface area contributed by atoms with Crippen molar-refractivity contribution in [3.63, 3.8) is 0 Å². The van der Waals surface area contributed by atoms with Crippen LogP contribution in [0, 0.1) is 5.92 Å². The third kappa shape index (κ3) is 4.03. The normalized spacial score (nSPS) is 13.3. The van der Waals surface area contributed by atoms with Crippen LogP contribution in [-0.2, 0) is 17.4 Å². The molecule has 3 N–H and O–H groups in total. The standard InChI is InChI=1S/C12H14F3NO2/c13-12(14,15)10-3-1-8(2-4-10)7-9(5-6-16)11(17)18/h1-4,9H,5-7,16H2,(H,17,18). The molecule has 0 spiro atoms. The summed E-state index contributed by atoms with van der Waals surface area (Å²) in [5.74, 6) is -1.65. The van der Waals surface area contributed by atoms with Crippen molar-refractivity contribution >= 4 is 5.97 Å². The molecular formula is C12H14F3NO2. The zero-order valence-corrected chi connectivity index (χ0v) is 9.57. The van der Waals surface area contributed by atoms with Crippen molar-refractivity contribution in [1.82, 2.24) is 0 Å². The molecule has 1 rings (SSSR count). The van der Waals surface area contributed by atoms with Crippen LogP contribution in [0.5, 0.6) is 0 Å². The van der Waals surface area contributed by atoms with Gasteiger partial charge in [0.05, 0.1) is 11.5 Å². The largest absolute Gasteiger partial charge is 0.481 e. The number of carboxylic acid groups (broad SMARTS) is 1. The molecule has 1 unspecified atom stereocenters.